The van der Waals surface area contributed by atoms with E-state index in [1.807, 2.05) is 0 Å². The van der Waals surface area contributed by atoms with Gasteiger partial charge in [-0.25, -0.2) is 17.6 Å². The largest absolute Gasteiger partial charge is 0.207 e. The van der Waals surface area contributed by atoms with Crippen LogP contribution in [0.3, 0.4) is 0 Å². The quantitative estimate of drug-likeness (QED) is 0.0263. The van der Waals surface area contributed by atoms with Crippen molar-refractivity contribution < 1.29 is 17.6 Å². The second-order valence-electron chi connectivity index (χ2n) is 29.8. The fourth-order valence-corrected chi connectivity index (χ4v) is 17.0. The first-order chi connectivity index (χ1) is 47.1. The van der Waals surface area contributed by atoms with Crippen LogP contribution in [0.5, 0.6) is 0 Å². The summed E-state index contributed by atoms with van der Waals surface area (Å²) in [6, 6.07) is 45.1. The molecule has 0 atom stereocenters. The summed E-state index contributed by atoms with van der Waals surface area (Å²) in [7, 11) is 0. The Balaban J connectivity index is 1.06. The fraction of sp³-hybridized carbons (Fsp3) is 0.543. The first-order valence-electron chi connectivity index (χ1n) is 39.7. The highest BCUT2D eigenvalue weighted by molar-refractivity contribution is 5.89. The van der Waals surface area contributed by atoms with Gasteiger partial charge in [0.15, 0.2) is 0 Å². The number of rotatable bonds is 48. The van der Waals surface area contributed by atoms with E-state index >= 15 is 8.78 Å². The SMILES string of the molecule is CCCCCCCCCCCCC1(CCCCCCCCCCCC)c2cc(-c3cccc(-c4ccc5c(c4)C(CCCCCCCCCCCC)(CCCCCCCCCCCC)c4cc(-c6ccc(F)cc6F)ccc4-5)c3)ccc2-c2ccc(-c3ccc(F)cc3F)cc21. The van der Waals surface area contributed by atoms with Crippen molar-refractivity contribution >= 4 is 0 Å². The smallest absolute Gasteiger partial charge is 0.133 e. The van der Waals surface area contributed by atoms with Gasteiger partial charge >= 0.3 is 0 Å². The van der Waals surface area contributed by atoms with Crippen LogP contribution in [0, 0.1) is 23.3 Å². The van der Waals surface area contributed by atoms with Crippen LogP contribution < -0.4 is 0 Å². The van der Waals surface area contributed by atoms with Crippen molar-refractivity contribution in [2.24, 2.45) is 0 Å². The van der Waals surface area contributed by atoms with Crippen molar-refractivity contribution in [3.8, 4) is 66.8 Å². The molecule has 0 spiro atoms. The van der Waals surface area contributed by atoms with E-state index in [1.54, 1.807) is 12.1 Å². The molecule has 96 heavy (non-hydrogen) atoms. The molecule has 0 aliphatic heterocycles. The van der Waals surface area contributed by atoms with Crippen LogP contribution in [0.4, 0.5) is 17.6 Å². The summed E-state index contributed by atoms with van der Waals surface area (Å²) in [5, 5.41) is 0. The molecule has 0 fully saturated rings. The van der Waals surface area contributed by atoms with Gasteiger partial charge < -0.3 is 0 Å². The Bertz CT molecular complexity index is 3170. The predicted octanol–water partition coefficient (Wildman–Crippen LogP) is 30.7. The lowest BCUT2D eigenvalue weighted by Crippen LogP contribution is -2.25. The molecule has 0 nitrogen and oxygen atoms in total. The first kappa shape index (κ1) is 74.5. The lowest BCUT2D eigenvalue weighted by molar-refractivity contribution is 0.397. The normalized spacial score (nSPS) is 13.3. The number of unbranched alkanes of at least 4 members (excludes halogenated alkanes) is 36. The maximum Gasteiger partial charge on any atom is 0.133 e. The molecule has 7 aromatic carbocycles. The monoisotopic (exact) mass is 1300 g/mol. The molecule has 0 saturated carbocycles. The average Bonchev–Trinajstić information content (AvgIpc) is 1.57. The van der Waals surface area contributed by atoms with Crippen LogP contribution >= 0.6 is 0 Å². The zero-order chi connectivity index (χ0) is 67.2. The number of benzene rings is 7. The Labute approximate surface area is 581 Å². The van der Waals surface area contributed by atoms with E-state index in [2.05, 4.69) is 125 Å². The van der Waals surface area contributed by atoms with Crippen LogP contribution in [0.1, 0.15) is 332 Å². The summed E-state index contributed by atoms with van der Waals surface area (Å²) in [6.45, 7) is 9.18. The van der Waals surface area contributed by atoms with E-state index in [0.29, 0.717) is 11.1 Å². The summed E-state index contributed by atoms with van der Waals surface area (Å²) < 4.78 is 60.8. The molecule has 9 rings (SSSR count). The maximum absolute atomic E-state index is 15.9. The van der Waals surface area contributed by atoms with Gasteiger partial charge in [0, 0.05) is 34.1 Å². The molecule has 0 amide bonds. The van der Waals surface area contributed by atoms with Gasteiger partial charge in [0.05, 0.1) is 0 Å². The minimum atomic E-state index is -0.552. The molecule has 2 aliphatic rings. The standard InChI is InChI=1S/C92H122F4/c1-5-9-13-17-21-25-29-33-37-41-60-91(61-42-38-34-30-26-22-18-14-10-6-2)85-65-73(48-54-81(85)83-56-50-75(67-87(83)91)79-58-52-77(93)69-89(79)95)71-46-45-47-72(64-71)74-49-55-82-84-57-51-76(80-59-53-78(94)70-90(80)96)68-88(84)92(86(82)66-74,62-43-39-35-31-27-23-19-15-11-7-3)63-44-40-36-32-28-24-20-16-12-8-4/h45-59,64-70H,5-44,60-63H2,1-4H3. The Hall–Kier alpha value is -5.74. The van der Waals surface area contributed by atoms with Crippen LogP contribution in [0.15, 0.2) is 133 Å². The summed E-state index contributed by atoms with van der Waals surface area (Å²) in [6.07, 6.45) is 55.5. The first-order valence-corrected chi connectivity index (χ1v) is 39.7. The highest BCUT2D eigenvalue weighted by atomic mass is 19.1. The van der Waals surface area contributed by atoms with Gasteiger partial charge in [-0.05, 0) is 158 Å². The molecule has 0 radical (unpaired) electrons. The van der Waals surface area contributed by atoms with Crippen LogP contribution in [-0.4, -0.2) is 0 Å². The maximum atomic E-state index is 15.9. The number of fused-ring (bicyclic) bond motifs is 6. The number of halogens is 4. The van der Waals surface area contributed by atoms with Crippen molar-refractivity contribution in [1.82, 2.24) is 0 Å². The molecule has 7 aromatic rings. The van der Waals surface area contributed by atoms with Gasteiger partial charge in [-0.1, -0.05) is 351 Å². The number of hydrogen-bond acceptors (Lipinski definition) is 0. The van der Waals surface area contributed by atoms with Gasteiger partial charge in [-0.15, -0.1) is 0 Å². The highest BCUT2D eigenvalue weighted by Crippen LogP contribution is 2.58. The molecule has 0 aromatic heterocycles. The molecule has 0 bridgehead atoms. The fourth-order valence-electron chi connectivity index (χ4n) is 17.0. The Morgan fingerprint density at radius 2 is 0.427 bits per heavy atom. The van der Waals surface area contributed by atoms with E-state index in [9.17, 15) is 8.78 Å². The molecular weight excluding hydrogens is 1180 g/mol. The summed E-state index contributed by atoms with van der Waals surface area (Å²) in [5.74, 6) is -2.14. The van der Waals surface area contributed by atoms with Crippen molar-refractivity contribution in [3.05, 3.63) is 179 Å². The lowest BCUT2D eigenvalue weighted by Gasteiger charge is -2.33. The Kier molecular flexibility index (Phi) is 30.8. The molecule has 0 N–H and O–H groups in total. The molecular formula is C92H122F4. The van der Waals surface area contributed by atoms with Crippen molar-refractivity contribution in [2.75, 3.05) is 0 Å². The van der Waals surface area contributed by atoms with Crippen molar-refractivity contribution in [3.63, 3.8) is 0 Å². The highest BCUT2D eigenvalue weighted by Gasteiger charge is 2.44. The summed E-state index contributed by atoms with van der Waals surface area (Å²) in [4.78, 5) is 0. The zero-order valence-corrected chi connectivity index (χ0v) is 60.3. The van der Waals surface area contributed by atoms with E-state index in [1.165, 1.54) is 310 Å². The summed E-state index contributed by atoms with van der Waals surface area (Å²) >= 11 is 0. The molecule has 518 valence electrons. The lowest BCUT2D eigenvalue weighted by atomic mass is 9.69. The Morgan fingerprint density at radius 1 is 0.208 bits per heavy atom. The van der Waals surface area contributed by atoms with Crippen molar-refractivity contribution in [1.29, 1.82) is 0 Å². The van der Waals surface area contributed by atoms with Gasteiger partial charge in [-0.3, -0.25) is 0 Å². The minimum Gasteiger partial charge on any atom is -0.207 e. The van der Waals surface area contributed by atoms with E-state index in [0.717, 1.165) is 74.6 Å². The van der Waals surface area contributed by atoms with E-state index < -0.39 is 23.3 Å². The third-order valence-electron chi connectivity index (χ3n) is 22.6. The van der Waals surface area contributed by atoms with E-state index in [4.69, 9.17) is 0 Å². The predicted molar refractivity (Wildman–Crippen MR) is 406 cm³/mol. The average molecular weight is 1300 g/mol. The van der Waals surface area contributed by atoms with Crippen LogP contribution in [0.2, 0.25) is 0 Å². The topological polar surface area (TPSA) is 0 Å². The van der Waals surface area contributed by atoms with Gasteiger partial charge in [0.2, 0.25) is 0 Å². The van der Waals surface area contributed by atoms with Crippen LogP contribution in [0.25, 0.3) is 66.8 Å². The van der Waals surface area contributed by atoms with Crippen molar-refractivity contribution in [2.45, 2.75) is 321 Å². The van der Waals surface area contributed by atoms with Crippen LogP contribution in [-0.2, 0) is 10.8 Å². The molecule has 2 aliphatic carbocycles. The van der Waals surface area contributed by atoms with E-state index in [-0.39, 0.29) is 10.8 Å². The van der Waals surface area contributed by atoms with Gasteiger partial charge in [-0.2, -0.15) is 0 Å². The number of hydrogen-bond donors (Lipinski definition) is 0. The molecule has 4 heteroatoms. The minimum absolute atomic E-state index is 0.256. The van der Waals surface area contributed by atoms with Gasteiger partial charge in [0.1, 0.15) is 23.3 Å². The molecule has 0 heterocycles. The zero-order valence-electron chi connectivity index (χ0n) is 60.3. The third-order valence-corrected chi connectivity index (χ3v) is 22.6. The second-order valence-corrected chi connectivity index (χ2v) is 29.8. The summed E-state index contributed by atoms with van der Waals surface area (Å²) in [5.41, 5.74) is 17.4. The second kappa shape index (κ2) is 39.7. The van der Waals surface area contributed by atoms with Gasteiger partial charge in [0.25, 0.3) is 0 Å². The molecule has 0 saturated heterocycles. The third kappa shape index (κ3) is 20.2. The molecule has 0 unspecified atom stereocenters. The Morgan fingerprint density at radius 3 is 0.688 bits per heavy atom.